The Morgan fingerprint density at radius 1 is 1.03 bits per heavy atom. The first kappa shape index (κ1) is 19.1. The molecule has 4 heterocycles. The average Bonchev–Trinajstić information content (AvgIpc) is 3.39. The van der Waals surface area contributed by atoms with Crippen LogP contribution in [0, 0.1) is 0 Å². The number of aromatic nitrogens is 6. The first-order valence-corrected chi connectivity index (χ1v) is 9.52. The van der Waals surface area contributed by atoms with Crippen molar-refractivity contribution >= 4 is 17.1 Å². The van der Waals surface area contributed by atoms with Gasteiger partial charge in [0.1, 0.15) is 6.54 Å². The van der Waals surface area contributed by atoms with Crippen LogP contribution < -0.4 is 11.2 Å². The van der Waals surface area contributed by atoms with Crippen LogP contribution in [0.2, 0.25) is 0 Å². The second-order valence-electron chi connectivity index (χ2n) is 7.27. The Kier molecular flexibility index (Phi) is 5.05. The van der Waals surface area contributed by atoms with Crippen molar-refractivity contribution < 1.29 is 4.79 Å². The van der Waals surface area contributed by atoms with Gasteiger partial charge >= 0.3 is 5.69 Å². The molecule has 11 nitrogen and oxygen atoms in total. The molecule has 3 aromatic rings. The van der Waals surface area contributed by atoms with E-state index < -0.39 is 11.2 Å². The molecule has 29 heavy (non-hydrogen) atoms. The Morgan fingerprint density at radius 2 is 1.79 bits per heavy atom. The Balaban J connectivity index is 1.40. The Morgan fingerprint density at radius 3 is 2.48 bits per heavy atom. The first-order chi connectivity index (χ1) is 14.0. The minimum absolute atomic E-state index is 0.0268. The highest BCUT2D eigenvalue weighted by Crippen LogP contribution is 2.08. The third-order valence-electron chi connectivity index (χ3n) is 5.48. The van der Waals surface area contributed by atoms with Gasteiger partial charge in [-0.25, -0.2) is 14.8 Å². The third-order valence-corrected chi connectivity index (χ3v) is 5.48. The number of amides is 1. The van der Waals surface area contributed by atoms with Crippen molar-refractivity contribution in [3.63, 3.8) is 0 Å². The summed E-state index contributed by atoms with van der Waals surface area (Å²) >= 11 is 0. The molecule has 0 radical (unpaired) electrons. The van der Waals surface area contributed by atoms with E-state index in [1.807, 2.05) is 15.7 Å². The number of piperazine rings is 1. The molecular weight excluding hydrogens is 376 g/mol. The van der Waals surface area contributed by atoms with E-state index in [4.69, 9.17) is 0 Å². The van der Waals surface area contributed by atoms with Crippen molar-refractivity contribution in [2.45, 2.75) is 13.1 Å². The third kappa shape index (κ3) is 3.60. The van der Waals surface area contributed by atoms with Crippen molar-refractivity contribution in [3.05, 3.63) is 45.9 Å². The number of rotatable bonds is 5. The predicted octanol–water partition coefficient (Wildman–Crippen LogP) is -1.53. The topological polar surface area (TPSA) is 103 Å². The van der Waals surface area contributed by atoms with E-state index in [-0.39, 0.29) is 23.6 Å². The molecule has 0 N–H and O–H groups in total. The van der Waals surface area contributed by atoms with Gasteiger partial charge in [-0.15, -0.1) is 0 Å². The van der Waals surface area contributed by atoms with Gasteiger partial charge in [-0.05, 0) is 0 Å². The summed E-state index contributed by atoms with van der Waals surface area (Å²) in [5, 5.41) is 0. The number of nitrogens with zero attached hydrogens (tertiary/aromatic N) is 8. The molecule has 0 unspecified atom stereocenters. The van der Waals surface area contributed by atoms with E-state index in [2.05, 4.69) is 14.9 Å². The molecule has 4 rings (SSSR count). The van der Waals surface area contributed by atoms with Crippen molar-refractivity contribution in [2.75, 3.05) is 32.7 Å². The molecule has 1 saturated heterocycles. The van der Waals surface area contributed by atoms with Crippen LogP contribution in [0.25, 0.3) is 11.2 Å². The zero-order valence-corrected chi connectivity index (χ0v) is 16.6. The van der Waals surface area contributed by atoms with E-state index in [9.17, 15) is 14.4 Å². The summed E-state index contributed by atoms with van der Waals surface area (Å²) in [6.07, 6.45) is 6.96. The molecule has 1 aliphatic rings. The van der Waals surface area contributed by atoms with Crippen LogP contribution in [0.15, 0.2) is 34.6 Å². The zero-order valence-electron chi connectivity index (χ0n) is 16.6. The minimum Gasteiger partial charge on any atom is -0.339 e. The lowest BCUT2D eigenvalue weighted by Gasteiger charge is -2.34. The monoisotopic (exact) mass is 400 g/mol. The molecule has 0 atom stereocenters. The van der Waals surface area contributed by atoms with Gasteiger partial charge in [0, 0.05) is 65.8 Å². The van der Waals surface area contributed by atoms with E-state index >= 15 is 0 Å². The SMILES string of the molecule is Cn1c(=O)c2c(ncn2CC(=O)N2CCN(CCn3ccnc3)CC2)n(C)c1=O. The normalized spacial score (nSPS) is 15.3. The van der Waals surface area contributed by atoms with Gasteiger partial charge in [0.05, 0.1) is 12.7 Å². The standard InChI is InChI=1S/C18H24N8O3/c1-21-16-15(17(28)22(2)18(21)29)26(13-20-16)11-14(27)25-9-7-23(8-10-25)5-6-24-4-3-19-12-24/h3-4,12-13H,5-11H2,1-2H3. The van der Waals surface area contributed by atoms with Gasteiger partial charge in [-0.2, -0.15) is 0 Å². The van der Waals surface area contributed by atoms with E-state index in [0.717, 1.165) is 30.7 Å². The summed E-state index contributed by atoms with van der Waals surface area (Å²) in [7, 11) is 2.98. The second-order valence-corrected chi connectivity index (χ2v) is 7.27. The number of hydrogen-bond donors (Lipinski definition) is 0. The number of aryl methyl sites for hydroxylation is 1. The molecule has 3 aromatic heterocycles. The maximum atomic E-state index is 12.8. The van der Waals surface area contributed by atoms with Crippen LogP contribution in [0.1, 0.15) is 0 Å². The van der Waals surface area contributed by atoms with E-state index in [1.54, 1.807) is 19.6 Å². The molecule has 1 amide bonds. The molecule has 154 valence electrons. The Bertz CT molecular complexity index is 1130. The number of fused-ring (bicyclic) bond motifs is 1. The molecule has 0 spiro atoms. The second kappa shape index (κ2) is 7.66. The fourth-order valence-electron chi connectivity index (χ4n) is 3.66. The highest BCUT2D eigenvalue weighted by molar-refractivity contribution is 5.79. The molecule has 0 aromatic carbocycles. The van der Waals surface area contributed by atoms with E-state index in [0.29, 0.717) is 13.1 Å². The quantitative estimate of drug-likeness (QED) is 0.515. The van der Waals surface area contributed by atoms with Crippen molar-refractivity contribution in [3.8, 4) is 0 Å². The van der Waals surface area contributed by atoms with Gasteiger partial charge < -0.3 is 14.0 Å². The minimum atomic E-state index is -0.447. The van der Waals surface area contributed by atoms with Crippen molar-refractivity contribution in [1.82, 2.24) is 38.0 Å². The lowest BCUT2D eigenvalue weighted by Crippen LogP contribution is -2.50. The van der Waals surface area contributed by atoms with Gasteiger partial charge in [-0.1, -0.05) is 0 Å². The fraction of sp³-hybridized carbons (Fsp3) is 0.500. The molecule has 11 heteroatoms. The van der Waals surface area contributed by atoms with E-state index in [1.165, 1.54) is 22.5 Å². The lowest BCUT2D eigenvalue weighted by molar-refractivity contribution is -0.133. The van der Waals surface area contributed by atoms with Gasteiger partial charge in [0.25, 0.3) is 5.56 Å². The Hall–Kier alpha value is -3.21. The van der Waals surface area contributed by atoms with Crippen LogP contribution in [0.3, 0.4) is 0 Å². The smallest absolute Gasteiger partial charge is 0.332 e. The lowest BCUT2D eigenvalue weighted by atomic mass is 10.3. The number of carbonyl (C=O) groups excluding carboxylic acids is 1. The zero-order chi connectivity index (χ0) is 20.5. The van der Waals surface area contributed by atoms with Gasteiger partial charge in [0.15, 0.2) is 11.2 Å². The largest absolute Gasteiger partial charge is 0.339 e. The maximum Gasteiger partial charge on any atom is 0.332 e. The molecule has 0 aliphatic carbocycles. The van der Waals surface area contributed by atoms with Crippen molar-refractivity contribution in [2.24, 2.45) is 14.1 Å². The average molecular weight is 400 g/mol. The molecule has 0 saturated carbocycles. The van der Waals surface area contributed by atoms with Crippen LogP contribution in [0.5, 0.6) is 0 Å². The van der Waals surface area contributed by atoms with Gasteiger partial charge in [0.2, 0.25) is 5.91 Å². The van der Waals surface area contributed by atoms with Crippen LogP contribution in [0.4, 0.5) is 0 Å². The number of imidazole rings is 2. The maximum absolute atomic E-state index is 12.8. The molecule has 0 bridgehead atoms. The molecular formula is C18H24N8O3. The summed E-state index contributed by atoms with van der Waals surface area (Å²) in [5.41, 5.74) is -0.333. The van der Waals surface area contributed by atoms with Crippen molar-refractivity contribution in [1.29, 1.82) is 0 Å². The summed E-state index contributed by atoms with van der Waals surface area (Å²) in [6, 6.07) is 0. The summed E-state index contributed by atoms with van der Waals surface area (Å²) < 4.78 is 5.92. The summed E-state index contributed by atoms with van der Waals surface area (Å²) in [6.45, 7) is 4.71. The number of carbonyl (C=O) groups is 1. The van der Waals surface area contributed by atoms with Crippen LogP contribution in [-0.2, 0) is 32.0 Å². The molecule has 1 aliphatic heterocycles. The first-order valence-electron chi connectivity index (χ1n) is 9.52. The number of hydrogen-bond acceptors (Lipinski definition) is 6. The molecule has 1 fully saturated rings. The van der Waals surface area contributed by atoms with Crippen LogP contribution in [-0.4, -0.2) is 76.7 Å². The Labute approximate surface area is 166 Å². The summed E-state index contributed by atoms with van der Waals surface area (Å²) in [4.78, 5) is 49.7. The van der Waals surface area contributed by atoms with Gasteiger partial charge in [-0.3, -0.25) is 23.6 Å². The fourth-order valence-corrected chi connectivity index (χ4v) is 3.66. The highest BCUT2D eigenvalue weighted by atomic mass is 16.2. The van der Waals surface area contributed by atoms with Crippen LogP contribution >= 0.6 is 0 Å². The summed E-state index contributed by atoms with van der Waals surface area (Å²) in [5.74, 6) is -0.0607. The predicted molar refractivity (Wildman–Crippen MR) is 105 cm³/mol. The highest BCUT2D eigenvalue weighted by Gasteiger charge is 2.23.